The topological polar surface area (TPSA) is 58.8 Å². The monoisotopic (exact) mass is 325 g/mol. The molecule has 1 heterocycles. The van der Waals surface area contributed by atoms with Gasteiger partial charge >= 0.3 is 0 Å². The minimum absolute atomic E-state index is 0.0787. The van der Waals surface area contributed by atoms with Crippen LogP contribution in [0.4, 0.5) is 0 Å². The summed E-state index contributed by atoms with van der Waals surface area (Å²) in [5, 5.41) is 0. The molecule has 1 atom stereocenters. The molecule has 134 valence electrons. The summed E-state index contributed by atoms with van der Waals surface area (Å²) in [6.45, 7) is 8.57. The summed E-state index contributed by atoms with van der Waals surface area (Å²) in [5.41, 5.74) is 6.19. The maximum Gasteiger partial charge on any atom is 0.224 e. The van der Waals surface area contributed by atoms with Crippen LogP contribution in [-0.2, 0) is 9.53 Å². The van der Waals surface area contributed by atoms with Gasteiger partial charge in [0, 0.05) is 44.7 Å². The Labute approximate surface area is 141 Å². The van der Waals surface area contributed by atoms with Crippen molar-refractivity contribution in [1.82, 2.24) is 9.80 Å². The molecule has 1 aliphatic carbocycles. The van der Waals surface area contributed by atoms with E-state index in [-0.39, 0.29) is 17.5 Å². The molecular weight excluding hydrogens is 290 g/mol. The van der Waals surface area contributed by atoms with Crippen molar-refractivity contribution < 1.29 is 9.53 Å². The number of hydrogen-bond donors (Lipinski definition) is 1. The van der Waals surface area contributed by atoms with Gasteiger partial charge in [-0.1, -0.05) is 26.7 Å². The van der Waals surface area contributed by atoms with E-state index < -0.39 is 0 Å². The smallest absolute Gasteiger partial charge is 0.224 e. The van der Waals surface area contributed by atoms with Crippen molar-refractivity contribution in [1.29, 1.82) is 0 Å². The predicted molar refractivity (Wildman–Crippen MR) is 93.3 cm³/mol. The van der Waals surface area contributed by atoms with Crippen molar-refractivity contribution in [2.75, 3.05) is 39.9 Å². The second kappa shape index (κ2) is 8.45. The fraction of sp³-hybridized carbons (Fsp3) is 0.944. The molecule has 0 aromatic heterocycles. The highest BCUT2D eigenvalue weighted by molar-refractivity contribution is 5.77. The molecule has 23 heavy (non-hydrogen) atoms. The maximum absolute atomic E-state index is 12.8. The van der Waals surface area contributed by atoms with Gasteiger partial charge in [-0.25, -0.2) is 0 Å². The van der Waals surface area contributed by atoms with Crippen LogP contribution in [0, 0.1) is 5.92 Å². The van der Waals surface area contributed by atoms with Gasteiger partial charge in [-0.05, 0) is 25.2 Å². The van der Waals surface area contributed by atoms with Crippen molar-refractivity contribution in [2.24, 2.45) is 11.7 Å². The first kappa shape index (κ1) is 18.7. The third-order valence-corrected chi connectivity index (χ3v) is 5.78. The molecule has 1 saturated heterocycles. The van der Waals surface area contributed by atoms with Crippen LogP contribution in [-0.4, -0.2) is 67.2 Å². The fourth-order valence-electron chi connectivity index (χ4n) is 3.89. The van der Waals surface area contributed by atoms with Crippen LogP contribution in [0.25, 0.3) is 0 Å². The lowest BCUT2D eigenvalue weighted by Gasteiger charge is -2.43. The summed E-state index contributed by atoms with van der Waals surface area (Å²) in [6.07, 6.45) is 6.32. The predicted octanol–water partition coefficient (Wildman–Crippen LogP) is 1.85. The standard InChI is InChI=1S/C18H35N3O2/c1-15(2)16(19)6-9-20(3)17(22)14-18(7-4-5-8-18)21-10-12-23-13-11-21/h15-16H,4-14,19H2,1-3H3. The molecule has 0 bridgehead atoms. The second-order valence-electron chi connectivity index (χ2n) is 7.72. The van der Waals surface area contributed by atoms with Crippen molar-refractivity contribution in [3.05, 3.63) is 0 Å². The summed E-state index contributed by atoms with van der Waals surface area (Å²) in [7, 11) is 1.93. The SMILES string of the molecule is CC(C)C(N)CCN(C)C(=O)CC1(N2CCOCC2)CCCC1. The van der Waals surface area contributed by atoms with Crippen LogP contribution >= 0.6 is 0 Å². The van der Waals surface area contributed by atoms with E-state index in [1.165, 1.54) is 12.8 Å². The van der Waals surface area contributed by atoms with E-state index in [1.54, 1.807) is 0 Å². The molecule has 2 fully saturated rings. The normalized spacial score (nSPS) is 23.2. The lowest BCUT2D eigenvalue weighted by atomic mass is 9.89. The lowest BCUT2D eigenvalue weighted by molar-refractivity contribution is -0.134. The number of nitrogens with zero attached hydrogens (tertiary/aromatic N) is 2. The third kappa shape index (κ3) is 4.91. The molecule has 2 rings (SSSR count). The van der Waals surface area contributed by atoms with E-state index in [1.807, 2.05) is 11.9 Å². The Hall–Kier alpha value is -0.650. The summed E-state index contributed by atoms with van der Waals surface area (Å²) in [5.74, 6) is 0.738. The molecule has 1 unspecified atom stereocenters. The Kier molecular flexibility index (Phi) is 6.86. The number of morpholine rings is 1. The number of ether oxygens (including phenoxy) is 1. The summed E-state index contributed by atoms with van der Waals surface area (Å²) in [6, 6.07) is 0.171. The molecular formula is C18H35N3O2. The van der Waals surface area contributed by atoms with E-state index in [4.69, 9.17) is 10.5 Å². The molecule has 0 aromatic carbocycles. The highest BCUT2D eigenvalue weighted by atomic mass is 16.5. The minimum atomic E-state index is 0.0787. The van der Waals surface area contributed by atoms with Crippen LogP contribution in [0.15, 0.2) is 0 Å². The number of carbonyl (C=O) groups is 1. The molecule has 5 heteroatoms. The molecule has 1 aliphatic heterocycles. The first-order chi connectivity index (χ1) is 10.9. The number of nitrogens with two attached hydrogens (primary N) is 1. The zero-order chi connectivity index (χ0) is 16.9. The van der Waals surface area contributed by atoms with E-state index in [0.29, 0.717) is 12.3 Å². The molecule has 0 spiro atoms. The van der Waals surface area contributed by atoms with Crippen molar-refractivity contribution in [3.63, 3.8) is 0 Å². The fourth-order valence-corrected chi connectivity index (χ4v) is 3.89. The van der Waals surface area contributed by atoms with Gasteiger partial charge in [0.25, 0.3) is 0 Å². The van der Waals surface area contributed by atoms with E-state index in [0.717, 1.165) is 52.1 Å². The van der Waals surface area contributed by atoms with Gasteiger partial charge in [0.2, 0.25) is 5.91 Å². The van der Waals surface area contributed by atoms with E-state index >= 15 is 0 Å². The second-order valence-corrected chi connectivity index (χ2v) is 7.72. The van der Waals surface area contributed by atoms with Gasteiger partial charge in [-0.3, -0.25) is 9.69 Å². The van der Waals surface area contributed by atoms with Gasteiger partial charge in [0.05, 0.1) is 13.2 Å². The molecule has 0 radical (unpaired) electrons. The summed E-state index contributed by atoms with van der Waals surface area (Å²) < 4.78 is 5.49. The van der Waals surface area contributed by atoms with Gasteiger partial charge in [0.15, 0.2) is 0 Å². The summed E-state index contributed by atoms with van der Waals surface area (Å²) in [4.78, 5) is 17.2. The van der Waals surface area contributed by atoms with E-state index in [9.17, 15) is 4.79 Å². The lowest BCUT2D eigenvalue weighted by Crippen LogP contribution is -2.54. The van der Waals surface area contributed by atoms with Crippen LogP contribution in [0.2, 0.25) is 0 Å². The zero-order valence-corrected chi connectivity index (χ0v) is 15.2. The maximum atomic E-state index is 12.8. The zero-order valence-electron chi connectivity index (χ0n) is 15.2. The van der Waals surface area contributed by atoms with Crippen molar-refractivity contribution in [2.45, 2.75) is 64.0 Å². The summed E-state index contributed by atoms with van der Waals surface area (Å²) >= 11 is 0. The number of hydrogen-bond acceptors (Lipinski definition) is 4. The van der Waals surface area contributed by atoms with Crippen molar-refractivity contribution >= 4 is 5.91 Å². The molecule has 2 aliphatic rings. The highest BCUT2D eigenvalue weighted by Gasteiger charge is 2.42. The van der Waals surface area contributed by atoms with Crippen LogP contribution in [0.5, 0.6) is 0 Å². The first-order valence-corrected chi connectivity index (χ1v) is 9.27. The Balaban J connectivity index is 1.90. The number of rotatable bonds is 7. The average molecular weight is 325 g/mol. The molecule has 0 aromatic rings. The Bertz CT molecular complexity index is 374. The quantitative estimate of drug-likeness (QED) is 0.776. The van der Waals surface area contributed by atoms with Gasteiger partial charge in [0.1, 0.15) is 0 Å². The highest BCUT2D eigenvalue weighted by Crippen LogP contribution is 2.39. The molecule has 1 amide bonds. The van der Waals surface area contributed by atoms with E-state index in [2.05, 4.69) is 18.7 Å². The average Bonchev–Trinajstić information content (AvgIpc) is 3.02. The van der Waals surface area contributed by atoms with Gasteiger partial charge < -0.3 is 15.4 Å². The van der Waals surface area contributed by atoms with Crippen LogP contribution < -0.4 is 5.73 Å². The Morgan fingerprint density at radius 3 is 2.43 bits per heavy atom. The number of amides is 1. The van der Waals surface area contributed by atoms with Gasteiger partial charge in [-0.15, -0.1) is 0 Å². The third-order valence-electron chi connectivity index (χ3n) is 5.78. The van der Waals surface area contributed by atoms with Crippen LogP contribution in [0.3, 0.4) is 0 Å². The Morgan fingerprint density at radius 1 is 1.26 bits per heavy atom. The minimum Gasteiger partial charge on any atom is -0.379 e. The van der Waals surface area contributed by atoms with Crippen molar-refractivity contribution in [3.8, 4) is 0 Å². The number of carbonyl (C=O) groups excluding carboxylic acids is 1. The Morgan fingerprint density at radius 2 is 1.87 bits per heavy atom. The largest absolute Gasteiger partial charge is 0.379 e. The molecule has 1 saturated carbocycles. The first-order valence-electron chi connectivity index (χ1n) is 9.27. The molecule has 5 nitrogen and oxygen atoms in total. The molecule has 2 N–H and O–H groups in total. The van der Waals surface area contributed by atoms with Crippen LogP contribution in [0.1, 0.15) is 52.4 Å². The van der Waals surface area contributed by atoms with Gasteiger partial charge in [-0.2, -0.15) is 0 Å².